The molecule has 2 amide bonds. The summed E-state index contributed by atoms with van der Waals surface area (Å²) in [5, 5.41) is 3.59. The van der Waals surface area contributed by atoms with Gasteiger partial charge < -0.3 is 24.4 Å². The number of nitrogens with one attached hydrogen (secondary N) is 1. The first-order chi connectivity index (χ1) is 14.1. The zero-order valence-electron chi connectivity index (χ0n) is 16.4. The smallest absolute Gasteiger partial charge is 0.321 e. The Balaban J connectivity index is 1.30. The molecule has 1 saturated heterocycles. The Bertz CT molecular complexity index is 981. The van der Waals surface area contributed by atoms with Gasteiger partial charge >= 0.3 is 6.03 Å². The van der Waals surface area contributed by atoms with Crippen molar-refractivity contribution < 1.29 is 19.0 Å². The van der Waals surface area contributed by atoms with Crippen LogP contribution < -0.4 is 19.5 Å². The van der Waals surface area contributed by atoms with Gasteiger partial charge in [-0.05, 0) is 42.5 Å². The maximum Gasteiger partial charge on any atom is 0.321 e. The maximum absolute atomic E-state index is 12.5. The van der Waals surface area contributed by atoms with Crippen molar-refractivity contribution in [3.05, 3.63) is 42.5 Å². The highest BCUT2D eigenvalue weighted by atomic mass is 32.1. The van der Waals surface area contributed by atoms with Crippen molar-refractivity contribution >= 4 is 33.3 Å². The van der Waals surface area contributed by atoms with E-state index in [4.69, 9.17) is 14.2 Å². The fourth-order valence-electron chi connectivity index (χ4n) is 3.26. The molecule has 1 fully saturated rings. The quantitative estimate of drug-likeness (QED) is 0.672. The van der Waals surface area contributed by atoms with E-state index in [1.807, 2.05) is 47.4 Å². The van der Waals surface area contributed by atoms with Gasteiger partial charge in [0.1, 0.15) is 17.6 Å². The van der Waals surface area contributed by atoms with Gasteiger partial charge in [0.05, 0.1) is 24.4 Å². The second-order valence-electron chi connectivity index (χ2n) is 6.78. The third kappa shape index (κ3) is 4.54. The van der Waals surface area contributed by atoms with Crippen LogP contribution in [0.3, 0.4) is 0 Å². The van der Waals surface area contributed by atoms with Crippen molar-refractivity contribution in [2.45, 2.75) is 18.9 Å². The molecular formula is C21H23N3O4S. The van der Waals surface area contributed by atoms with Crippen LogP contribution in [0.15, 0.2) is 42.5 Å². The molecule has 0 saturated carbocycles. The average molecular weight is 413 g/mol. The number of carbonyl (C=O) groups excluding carboxylic acids is 1. The van der Waals surface area contributed by atoms with Crippen LogP contribution in [-0.2, 0) is 0 Å². The zero-order chi connectivity index (χ0) is 20.2. The number of aromatic nitrogens is 1. The van der Waals surface area contributed by atoms with Gasteiger partial charge in [-0.2, -0.15) is 0 Å². The molecule has 0 spiro atoms. The van der Waals surface area contributed by atoms with Crippen LogP contribution in [-0.4, -0.2) is 49.3 Å². The molecule has 0 aliphatic carbocycles. The number of carbonyl (C=O) groups is 1. The van der Waals surface area contributed by atoms with Crippen molar-refractivity contribution in [1.82, 2.24) is 9.88 Å². The number of hydrogen-bond acceptors (Lipinski definition) is 6. The summed E-state index contributed by atoms with van der Waals surface area (Å²) in [5.41, 5.74) is 1.65. The Morgan fingerprint density at radius 2 is 1.76 bits per heavy atom. The number of amides is 2. The van der Waals surface area contributed by atoms with E-state index in [1.54, 1.807) is 14.2 Å². The molecule has 3 aromatic rings. The number of fused-ring (bicyclic) bond motifs is 1. The van der Waals surface area contributed by atoms with Crippen molar-refractivity contribution in [1.29, 1.82) is 0 Å². The number of thiazole rings is 1. The number of methoxy groups -OCH3 is 2. The monoisotopic (exact) mass is 413 g/mol. The van der Waals surface area contributed by atoms with Gasteiger partial charge in [-0.3, -0.25) is 0 Å². The molecule has 4 rings (SSSR count). The topological polar surface area (TPSA) is 72.9 Å². The molecule has 2 heterocycles. The van der Waals surface area contributed by atoms with Gasteiger partial charge in [-0.25, -0.2) is 9.78 Å². The number of anilines is 1. The summed E-state index contributed by atoms with van der Waals surface area (Å²) in [6.07, 6.45) is 1.60. The van der Waals surface area contributed by atoms with Gasteiger partial charge in [0.25, 0.3) is 5.19 Å². The normalized spacial score (nSPS) is 14.6. The van der Waals surface area contributed by atoms with Gasteiger partial charge in [-0.15, -0.1) is 0 Å². The summed E-state index contributed by atoms with van der Waals surface area (Å²) < 4.78 is 17.5. The van der Waals surface area contributed by atoms with Gasteiger partial charge in [-0.1, -0.05) is 11.3 Å². The summed E-state index contributed by atoms with van der Waals surface area (Å²) in [6, 6.07) is 13.0. The fraction of sp³-hybridized carbons (Fsp3) is 0.333. The lowest BCUT2D eigenvalue weighted by Gasteiger charge is -2.31. The van der Waals surface area contributed by atoms with E-state index >= 15 is 0 Å². The average Bonchev–Trinajstić information content (AvgIpc) is 3.16. The van der Waals surface area contributed by atoms with Gasteiger partial charge in [0.2, 0.25) is 0 Å². The number of rotatable bonds is 5. The highest BCUT2D eigenvalue weighted by molar-refractivity contribution is 7.20. The lowest BCUT2D eigenvalue weighted by molar-refractivity contribution is 0.115. The maximum atomic E-state index is 12.5. The number of ether oxygens (including phenoxy) is 3. The van der Waals surface area contributed by atoms with Crippen LogP contribution in [0.1, 0.15) is 12.8 Å². The number of benzene rings is 2. The molecule has 0 unspecified atom stereocenters. The number of likely N-dealkylation sites (tertiary alicyclic amines) is 1. The number of piperidine rings is 1. The summed E-state index contributed by atoms with van der Waals surface area (Å²) in [6.45, 7) is 1.29. The molecule has 152 valence electrons. The molecule has 0 bridgehead atoms. The molecule has 7 nitrogen and oxygen atoms in total. The van der Waals surface area contributed by atoms with E-state index in [-0.39, 0.29) is 12.1 Å². The highest BCUT2D eigenvalue weighted by Crippen LogP contribution is 2.32. The van der Waals surface area contributed by atoms with Crippen molar-refractivity contribution in [2.75, 3.05) is 32.6 Å². The molecule has 1 N–H and O–H groups in total. The zero-order valence-corrected chi connectivity index (χ0v) is 17.2. The lowest BCUT2D eigenvalue weighted by Crippen LogP contribution is -2.43. The molecule has 1 aliphatic heterocycles. The predicted octanol–water partition coefficient (Wildman–Crippen LogP) is 4.39. The van der Waals surface area contributed by atoms with Crippen molar-refractivity contribution in [2.24, 2.45) is 0 Å². The van der Waals surface area contributed by atoms with Crippen LogP contribution in [0.4, 0.5) is 10.5 Å². The van der Waals surface area contributed by atoms with Crippen LogP contribution in [0, 0.1) is 0 Å². The molecule has 29 heavy (non-hydrogen) atoms. The second kappa shape index (κ2) is 8.57. The predicted molar refractivity (Wildman–Crippen MR) is 113 cm³/mol. The van der Waals surface area contributed by atoms with Gasteiger partial charge in [0.15, 0.2) is 0 Å². The third-order valence-electron chi connectivity index (χ3n) is 4.91. The Morgan fingerprint density at radius 1 is 1.07 bits per heavy atom. The van der Waals surface area contributed by atoms with Crippen LogP contribution in [0.25, 0.3) is 10.2 Å². The summed E-state index contributed by atoms with van der Waals surface area (Å²) in [5.74, 6) is 1.57. The number of nitrogens with zero attached hydrogens (tertiary/aromatic N) is 2. The fourth-order valence-corrected chi connectivity index (χ4v) is 4.17. The standard InChI is InChI=1S/C21H23N3O4S/c1-26-15-5-3-14(4-6-15)22-20(25)24-11-9-16(10-12-24)28-21-23-18-8-7-17(27-2)13-19(18)29-21/h3-8,13,16H,9-12H2,1-2H3,(H,22,25). The Morgan fingerprint density at radius 3 is 2.45 bits per heavy atom. The first-order valence-electron chi connectivity index (χ1n) is 9.46. The van der Waals surface area contributed by atoms with E-state index in [0.717, 1.165) is 40.2 Å². The van der Waals surface area contributed by atoms with E-state index in [0.29, 0.717) is 18.3 Å². The number of urea groups is 1. The van der Waals surface area contributed by atoms with Crippen LogP contribution in [0.5, 0.6) is 16.7 Å². The number of hydrogen-bond donors (Lipinski definition) is 1. The minimum absolute atomic E-state index is 0.0579. The largest absolute Gasteiger partial charge is 0.497 e. The second-order valence-corrected chi connectivity index (χ2v) is 7.77. The van der Waals surface area contributed by atoms with E-state index in [2.05, 4.69) is 10.3 Å². The molecular weight excluding hydrogens is 390 g/mol. The molecule has 2 aromatic carbocycles. The molecule has 8 heteroatoms. The van der Waals surface area contributed by atoms with Crippen LogP contribution in [0.2, 0.25) is 0 Å². The Labute approximate surface area is 173 Å². The molecule has 0 atom stereocenters. The summed E-state index contributed by atoms with van der Waals surface area (Å²) >= 11 is 1.52. The van der Waals surface area contributed by atoms with Gasteiger partial charge in [0, 0.05) is 31.6 Å². The minimum atomic E-state index is -0.0966. The van der Waals surface area contributed by atoms with E-state index in [1.165, 1.54) is 11.3 Å². The Hall–Kier alpha value is -3.00. The SMILES string of the molecule is COc1ccc(NC(=O)N2CCC(Oc3nc4ccc(OC)cc4s3)CC2)cc1. The third-order valence-corrected chi connectivity index (χ3v) is 5.82. The minimum Gasteiger partial charge on any atom is -0.497 e. The highest BCUT2D eigenvalue weighted by Gasteiger charge is 2.25. The summed E-state index contributed by atoms with van der Waals surface area (Å²) in [4.78, 5) is 18.8. The summed E-state index contributed by atoms with van der Waals surface area (Å²) in [7, 11) is 3.27. The first-order valence-corrected chi connectivity index (χ1v) is 10.3. The molecule has 1 aliphatic rings. The van der Waals surface area contributed by atoms with Crippen molar-refractivity contribution in [3.63, 3.8) is 0 Å². The molecule has 1 aromatic heterocycles. The van der Waals surface area contributed by atoms with Crippen molar-refractivity contribution in [3.8, 4) is 16.7 Å². The molecule has 0 radical (unpaired) electrons. The van der Waals surface area contributed by atoms with Crippen LogP contribution >= 0.6 is 11.3 Å². The van der Waals surface area contributed by atoms with E-state index < -0.39 is 0 Å². The Kier molecular flexibility index (Phi) is 5.71. The first kappa shape index (κ1) is 19.3. The van der Waals surface area contributed by atoms with E-state index in [9.17, 15) is 4.79 Å². The lowest BCUT2D eigenvalue weighted by atomic mass is 10.1.